The Morgan fingerprint density at radius 1 is 0.299 bits per heavy atom. The Kier molecular flexibility index (Phi) is 67.1. The molecule has 0 amide bonds. The summed E-state index contributed by atoms with van der Waals surface area (Å²) in [5, 5.41) is 10.6. The molecule has 3 N–H and O–H groups in total. The summed E-state index contributed by atoms with van der Waals surface area (Å²) in [5.41, 5.74) is 0. The molecule has 0 fully saturated rings. The number of rotatable bonds is 76. The fourth-order valence-corrected chi connectivity index (χ4v) is 13.5. The summed E-state index contributed by atoms with van der Waals surface area (Å²) in [4.78, 5) is 72.9. The number of ether oxygens (including phenoxy) is 4. The predicted octanol–water partition coefficient (Wildman–Crippen LogP) is 23.0. The lowest BCUT2D eigenvalue weighted by atomic mass is 10.00. The molecular formula is C78H152O17P2. The van der Waals surface area contributed by atoms with Crippen LogP contribution in [0.5, 0.6) is 0 Å². The van der Waals surface area contributed by atoms with E-state index >= 15 is 0 Å². The van der Waals surface area contributed by atoms with E-state index in [-0.39, 0.29) is 25.7 Å². The van der Waals surface area contributed by atoms with Crippen molar-refractivity contribution in [3.05, 3.63) is 0 Å². The molecule has 3 unspecified atom stereocenters. The van der Waals surface area contributed by atoms with Crippen molar-refractivity contribution in [1.29, 1.82) is 0 Å². The second-order valence-corrected chi connectivity index (χ2v) is 32.2. The first-order valence-electron chi connectivity index (χ1n) is 40.4. The molecule has 0 aromatic carbocycles. The summed E-state index contributed by atoms with van der Waals surface area (Å²) in [6.45, 7) is 11.9. The van der Waals surface area contributed by atoms with Crippen molar-refractivity contribution >= 4 is 39.5 Å². The van der Waals surface area contributed by atoms with Crippen LogP contribution in [0.15, 0.2) is 0 Å². The maximum absolute atomic E-state index is 13.1. The van der Waals surface area contributed by atoms with Crippen LogP contribution in [0.1, 0.15) is 402 Å². The number of carbonyl (C=O) groups excluding carboxylic acids is 4. The molecule has 0 saturated heterocycles. The van der Waals surface area contributed by atoms with E-state index in [9.17, 15) is 43.2 Å². The average Bonchev–Trinajstić information content (AvgIpc) is 1.05. The second kappa shape index (κ2) is 68.5. The van der Waals surface area contributed by atoms with Gasteiger partial charge in [0.1, 0.15) is 19.3 Å². The third-order valence-electron chi connectivity index (χ3n) is 18.5. The van der Waals surface area contributed by atoms with Crippen molar-refractivity contribution in [1.82, 2.24) is 0 Å². The van der Waals surface area contributed by atoms with Crippen LogP contribution >= 0.6 is 15.6 Å². The quantitative estimate of drug-likeness (QED) is 0.0222. The van der Waals surface area contributed by atoms with Gasteiger partial charge in [-0.15, -0.1) is 0 Å². The van der Waals surface area contributed by atoms with Gasteiger partial charge in [0.15, 0.2) is 12.2 Å². The van der Waals surface area contributed by atoms with Crippen LogP contribution in [0.3, 0.4) is 0 Å². The highest BCUT2D eigenvalue weighted by molar-refractivity contribution is 7.47. The second-order valence-electron chi connectivity index (χ2n) is 29.3. The van der Waals surface area contributed by atoms with E-state index in [4.69, 9.17) is 37.0 Å². The number of hydrogen-bond donors (Lipinski definition) is 3. The summed E-state index contributed by atoms with van der Waals surface area (Å²) >= 11 is 0. The Labute approximate surface area is 594 Å². The topological polar surface area (TPSA) is 237 Å². The number of hydrogen-bond acceptors (Lipinski definition) is 15. The SMILES string of the molecule is CCCCCCCCCCCCCCCCCC(=O)OC[C@H](COP(=O)(O)OC[C@@H](O)COP(=O)(O)OC[C@@H](COC(=O)CCCCCCCCC(C)CC)OC(=O)CCCCCCCCCCCCCC(C)C)OC(=O)CCCCCCCCCCCCCCCCCC(C)C. The van der Waals surface area contributed by atoms with E-state index in [0.717, 1.165) is 114 Å². The van der Waals surface area contributed by atoms with Crippen LogP contribution < -0.4 is 0 Å². The smallest absolute Gasteiger partial charge is 0.462 e. The number of aliphatic hydroxyl groups is 1. The van der Waals surface area contributed by atoms with Crippen molar-refractivity contribution in [2.75, 3.05) is 39.6 Å². The zero-order valence-electron chi connectivity index (χ0n) is 63.5. The molecule has 0 aliphatic carbocycles. The number of phosphoric acid groups is 2. The zero-order chi connectivity index (χ0) is 71.6. The van der Waals surface area contributed by atoms with Gasteiger partial charge in [0.2, 0.25) is 0 Å². The standard InChI is InChI=1S/C78H152O17P2/c1-8-10-11-12-13-14-15-16-18-22-27-32-37-45-52-59-75(80)88-65-73(94-77(82)61-54-47-38-33-28-23-20-17-19-21-25-30-35-42-49-56-69(3)4)67-92-96(84,85)90-63-72(79)64-91-97(86,87)93-68-74(66-89-76(81)60-53-46-41-40-44-51-58-71(7)9-2)95-78(83)62-55-48-39-34-29-24-26-31-36-43-50-57-70(5)6/h69-74,79H,8-68H2,1-7H3,(H,84,85)(H,86,87)/t71?,72-,73-,74-/m1/s1. The van der Waals surface area contributed by atoms with Gasteiger partial charge in [0.25, 0.3) is 0 Å². The van der Waals surface area contributed by atoms with Crippen molar-refractivity contribution in [3.8, 4) is 0 Å². The minimum absolute atomic E-state index is 0.106. The van der Waals surface area contributed by atoms with Crippen LogP contribution in [0, 0.1) is 17.8 Å². The zero-order valence-corrected chi connectivity index (χ0v) is 65.3. The summed E-state index contributed by atoms with van der Waals surface area (Å²) in [5.74, 6) is 0.184. The summed E-state index contributed by atoms with van der Waals surface area (Å²) < 4.78 is 68.6. The van der Waals surface area contributed by atoms with E-state index in [0.29, 0.717) is 25.7 Å². The fourth-order valence-electron chi connectivity index (χ4n) is 11.9. The van der Waals surface area contributed by atoms with Crippen molar-refractivity contribution < 1.29 is 80.2 Å². The first-order valence-corrected chi connectivity index (χ1v) is 43.4. The molecule has 576 valence electrons. The summed E-state index contributed by atoms with van der Waals surface area (Å²) in [6, 6.07) is 0. The fraction of sp³-hybridized carbons (Fsp3) is 0.949. The van der Waals surface area contributed by atoms with Crippen LogP contribution in [0.25, 0.3) is 0 Å². The van der Waals surface area contributed by atoms with Crippen molar-refractivity contribution in [2.45, 2.75) is 420 Å². The van der Waals surface area contributed by atoms with Crippen LogP contribution in [0.4, 0.5) is 0 Å². The van der Waals surface area contributed by atoms with Gasteiger partial charge in [-0.05, 0) is 43.4 Å². The number of aliphatic hydroxyl groups excluding tert-OH is 1. The van der Waals surface area contributed by atoms with Crippen LogP contribution in [0.2, 0.25) is 0 Å². The number of carbonyl (C=O) groups is 4. The van der Waals surface area contributed by atoms with E-state index < -0.39 is 97.5 Å². The molecule has 19 heteroatoms. The van der Waals surface area contributed by atoms with E-state index in [2.05, 4.69) is 48.5 Å². The minimum atomic E-state index is -4.96. The highest BCUT2D eigenvalue weighted by Gasteiger charge is 2.30. The molecule has 0 aliphatic rings. The maximum atomic E-state index is 13.1. The lowest BCUT2D eigenvalue weighted by molar-refractivity contribution is -0.161. The van der Waals surface area contributed by atoms with Gasteiger partial charge in [-0.3, -0.25) is 37.3 Å². The molecule has 0 aromatic rings. The molecule has 0 radical (unpaired) electrons. The van der Waals surface area contributed by atoms with Crippen LogP contribution in [-0.4, -0.2) is 96.7 Å². The van der Waals surface area contributed by atoms with Crippen LogP contribution in [-0.2, 0) is 65.4 Å². The maximum Gasteiger partial charge on any atom is 0.472 e. The molecule has 97 heavy (non-hydrogen) atoms. The van der Waals surface area contributed by atoms with Gasteiger partial charge in [0, 0.05) is 25.7 Å². The molecule has 0 aliphatic heterocycles. The van der Waals surface area contributed by atoms with E-state index in [1.807, 2.05) is 0 Å². The van der Waals surface area contributed by atoms with Gasteiger partial charge in [-0.2, -0.15) is 0 Å². The Balaban J connectivity index is 5.25. The Hall–Kier alpha value is -1.94. The largest absolute Gasteiger partial charge is 0.472 e. The number of phosphoric ester groups is 2. The third-order valence-corrected chi connectivity index (χ3v) is 20.4. The summed E-state index contributed by atoms with van der Waals surface area (Å²) in [7, 11) is -9.92. The van der Waals surface area contributed by atoms with Gasteiger partial charge in [0.05, 0.1) is 26.4 Å². The minimum Gasteiger partial charge on any atom is -0.462 e. The molecule has 0 rings (SSSR count). The number of esters is 4. The first kappa shape index (κ1) is 95.1. The van der Waals surface area contributed by atoms with Crippen molar-refractivity contribution in [3.63, 3.8) is 0 Å². The molecule has 17 nitrogen and oxygen atoms in total. The third kappa shape index (κ3) is 70.9. The highest BCUT2D eigenvalue weighted by atomic mass is 31.2. The van der Waals surface area contributed by atoms with E-state index in [1.165, 1.54) is 205 Å². The molecule has 0 spiro atoms. The lowest BCUT2D eigenvalue weighted by Gasteiger charge is -2.21. The molecule has 0 heterocycles. The highest BCUT2D eigenvalue weighted by Crippen LogP contribution is 2.45. The van der Waals surface area contributed by atoms with Gasteiger partial charge in [-0.1, -0.05) is 350 Å². The molecule has 0 saturated carbocycles. The van der Waals surface area contributed by atoms with Crippen molar-refractivity contribution in [2.24, 2.45) is 17.8 Å². The number of unbranched alkanes of at least 4 members (excludes halogenated alkanes) is 43. The normalized spacial score (nSPS) is 14.3. The van der Waals surface area contributed by atoms with Gasteiger partial charge in [-0.25, -0.2) is 9.13 Å². The lowest BCUT2D eigenvalue weighted by Crippen LogP contribution is -2.30. The van der Waals surface area contributed by atoms with Gasteiger partial charge >= 0.3 is 39.5 Å². The van der Waals surface area contributed by atoms with E-state index in [1.54, 1.807) is 0 Å². The Bertz CT molecular complexity index is 1890. The summed E-state index contributed by atoms with van der Waals surface area (Å²) in [6.07, 6.45) is 55.5. The first-order chi connectivity index (χ1) is 46.8. The molecule has 0 aromatic heterocycles. The monoisotopic (exact) mass is 1420 g/mol. The Morgan fingerprint density at radius 2 is 0.526 bits per heavy atom. The average molecular weight is 1420 g/mol. The van der Waals surface area contributed by atoms with Gasteiger partial charge < -0.3 is 33.8 Å². The molecule has 6 atom stereocenters. The molecule has 0 bridgehead atoms. The molecular weight excluding hydrogens is 1270 g/mol. The Morgan fingerprint density at radius 3 is 0.784 bits per heavy atom. The predicted molar refractivity (Wildman–Crippen MR) is 395 cm³/mol.